The first kappa shape index (κ1) is 9.93. The number of aliphatic imine (C=N–C) groups is 1. The Kier molecular flexibility index (Phi) is 3.92. The molecule has 0 aromatic heterocycles. The summed E-state index contributed by atoms with van der Waals surface area (Å²) in [6.07, 6.45) is 1.54. The van der Waals surface area contributed by atoms with Crippen LogP contribution in [0.15, 0.2) is 4.99 Å². The SMILES string of the molecule is CC/N=C(/SC)S(=O)(=O)O. The van der Waals surface area contributed by atoms with Crippen LogP contribution in [0, 0.1) is 0 Å². The van der Waals surface area contributed by atoms with Crippen molar-refractivity contribution in [1.29, 1.82) is 0 Å². The molecule has 60 valence electrons. The van der Waals surface area contributed by atoms with Crippen molar-refractivity contribution >= 4 is 26.3 Å². The van der Waals surface area contributed by atoms with Crippen LogP contribution in [0.25, 0.3) is 0 Å². The van der Waals surface area contributed by atoms with E-state index in [0.717, 1.165) is 11.8 Å². The Balaban J connectivity index is 4.54. The number of rotatable bonds is 1. The van der Waals surface area contributed by atoms with Crippen molar-refractivity contribution in [2.45, 2.75) is 6.92 Å². The average molecular weight is 183 g/mol. The monoisotopic (exact) mass is 183 g/mol. The van der Waals surface area contributed by atoms with Crippen LogP contribution in [0.5, 0.6) is 0 Å². The molecule has 0 radical (unpaired) electrons. The van der Waals surface area contributed by atoms with Gasteiger partial charge in [0, 0.05) is 6.54 Å². The van der Waals surface area contributed by atoms with Gasteiger partial charge in [-0.2, -0.15) is 8.42 Å². The molecule has 0 aliphatic carbocycles. The minimum Gasteiger partial charge on any atom is -0.280 e. The minimum atomic E-state index is -4.06. The zero-order valence-electron chi connectivity index (χ0n) is 5.73. The maximum atomic E-state index is 10.4. The summed E-state index contributed by atoms with van der Waals surface area (Å²) in [4.78, 5) is 3.56. The van der Waals surface area contributed by atoms with Crippen LogP contribution < -0.4 is 0 Å². The normalized spacial score (nSPS) is 13.7. The van der Waals surface area contributed by atoms with E-state index < -0.39 is 10.1 Å². The molecule has 6 heteroatoms. The van der Waals surface area contributed by atoms with Crippen LogP contribution in [-0.4, -0.2) is 30.1 Å². The fourth-order valence-corrected chi connectivity index (χ4v) is 1.77. The van der Waals surface area contributed by atoms with E-state index in [9.17, 15) is 8.42 Å². The molecular formula is C4H9NO3S2. The van der Waals surface area contributed by atoms with E-state index in [1.165, 1.54) is 0 Å². The van der Waals surface area contributed by atoms with E-state index in [1.807, 2.05) is 0 Å². The van der Waals surface area contributed by atoms with Gasteiger partial charge in [0.15, 0.2) is 0 Å². The van der Waals surface area contributed by atoms with E-state index in [0.29, 0.717) is 6.54 Å². The van der Waals surface area contributed by atoms with Crippen molar-refractivity contribution in [3.63, 3.8) is 0 Å². The molecule has 0 spiro atoms. The van der Waals surface area contributed by atoms with Crippen molar-refractivity contribution in [2.75, 3.05) is 12.8 Å². The molecule has 0 amide bonds. The van der Waals surface area contributed by atoms with Gasteiger partial charge >= 0.3 is 10.1 Å². The summed E-state index contributed by atoms with van der Waals surface area (Å²) < 4.78 is 28.9. The van der Waals surface area contributed by atoms with E-state index in [1.54, 1.807) is 13.2 Å². The van der Waals surface area contributed by atoms with Gasteiger partial charge < -0.3 is 0 Å². The molecule has 0 bridgehead atoms. The zero-order valence-corrected chi connectivity index (χ0v) is 7.37. The zero-order chi connectivity index (χ0) is 8.20. The van der Waals surface area contributed by atoms with Crippen LogP contribution in [-0.2, 0) is 10.1 Å². The first-order valence-corrected chi connectivity index (χ1v) is 5.24. The third-order valence-electron chi connectivity index (χ3n) is 0.683. The largest absolute Gasteiger partial charge is 0.318 e. The van der Waals surface area contributed by atoms with E-state index in [4.69, 9.17) is 4.55 Å². The van der Waals surface area contributed by atoms with Gasteiger partial charge in [0.25, 0.3) is 0 Å². The molecule has 0 aliphatic heterocycles. The molecule has 10 heavy (non-hydrogen) atoms. The number of thioether (sulfide) groups is 1. The van der Waals surface area contributed by atoms with Gasteiger partial charge in [-0.1, -0.05) is 11.8 Å². The molecule has 0 heterocycles. The molecular weight excluding hydrogens is 174 g/mol. The lowest BCUT2D eigenvalue weighted by Crippen LogP contribution is -2.09. The van der Waals surface area contributed by atoms with Gasteiger partial charge in [0.2, 0.25) is 4.38 Å². The van der Waals surface area contributed by atoms with Crippen LogP contribution in [0.2, 0.25) is 0 Å². The summed E-state index contributed by atoms with van der Waals surface area (Å²) in [5, 5.41) is 0. The Morgan fingerprint density at radius 3 is 2.30 bits per heavy atom. The van der Waals surface area contributed by atoms with Crippen molar-refractivity contribution < 1.29 is 13.0 Å². The van der Waals surface area contributed by atoms with E-state index in [2.05, 4.69) is 4.99 Å². The molecule has 0 aromatic rings. The smallest absolute Gasteiger partial charge is 0.280 e. The number of hydrogen-bond acceptors (Lipinski definition) is 4. The lowest BCUT2D eigenvalue weighted by molar-refractivity contribution is 0.499. The van der Waals surface area contributed by atoms with Gasteiger partial charge in [0.05, 0.1) is 0 Å². The topological polar surface area (TPSA) is 66.7 Å². The molecule has 0 saturated carbocycles. The van der Waals surface area contributed by atoms with E-state index >= 15 is 0 Å². The van der Waals surface area contributed by atoms with Crippen LogP contribution in [0.1, 0.15) is 6.92 Å². The first-order chi connectivity index (χ1) is 4.52. The minimum absolute atomic E-state index is 0.227. The molecule has 0 fully saturated rings. The second-order valence-corrected chi connectivity index (χ2v) is 3.81. The lowest BCUT2D eigenvalue weighted by Gasteiger charge is -1.95. The Morgan fingerprint density at radius 1 is 1.70 bits per heavy atom. The number of nitrogens with zero attached hydrogens (tertiary/aromatic N) is 1. The summed E-state index contributed by atoms with van der Waals surface area (Å²) in [5.41, 5.74) is 0. The molecule has 0 aromatic carbocycles. The predicted molar refractivity (Wildman–Crippen MR) is 43.0 cm³/mol. The second kappa shape index (κ2) is 3.95. The Bertz CT molecular complexity index is 219. The fraction of sp³-hybridized carbons (Fsp3) is 0.750. The first-order valence-electron chi connectivity index (χ1n) is 2.58. The standard InChI is InChI=1S/C4H9NO3S2/c1-3-5-4(9-2)10(6,7)8/h3H2,1-2H3,(H,6,7,8)/b5-4-. The third kappa shape index (κ3) is 3.19. The molecule has 0 saturated heterocycles. The molecule has 0 unspecified atom stereocenters. The Hall–Kier alpha value is -0.0700. The number of hydrogen-bond donors (Lipinski definition) is 1. The fourth-order valence-electron chi connectivity index (χ4n) is 0.381. The highest BCUT2D eigenvalue weighted by Gasteiger charge is 2.12. The Labute approximate surface area is 64.5 Å². The summed E-state index contributed by atoms with van der Waals surface area (Å²) in [5.74, 6) is 0. The summed E-state index contributed by atoms with van der Waals surface area (Å²) in [7, 11) is -4.06. The van der Waals surface area contributed by atoms with Gasteiger partial charge in [0.1, 0.15) is 0 Å². The molecule has 4 nitrogen and oxygen atoms in total. The third-order valence-corrected chi connectivity index (χ3v) is 2.86. The maximum absolute atomic E-state index is 10.4. The highest BCUT2D eigenvalue weighted by Crippen LogP contribution is 2.04. The lowest BCUT2D eigenvalue weighted by atomic mass is 10.8. The van der Waals surface area contributed by atoms with E-state index in [-0.39, 0.29) is 4.38 Å². The summed E-state index contributed by atoms with van der Waals surface area (Å²) >= 11 is 0.913. The molecule has 0 atom stereocenters. The predicted octanol–water partition coefficient (Wildman–Crippen LogP) is 0.613. The maximum Gasteiger partial charge on any atom is 0.318 e. The van der Waals surface area contributed by atoms with Crippen molar-refractivity contribution in [1.82, 2.24) is 0 Å². The van der Waals surface area contributed by atoms with Crippen molar-refractivity contribution in [2.24, 2.45) is 4.99 Å². The second-order valence-electron chi connectivity index (χ2n) is 1.42. The molecule has 0 rings (SSSR count). The molecule has 0 aliphatic rings. The van der Waals surface area contributed by atoms with Crippen LogP contribution >= 0.6 is 11.8 Å². The Morgan fingerprint density at radius 2 is 2.20 bits per heavy atom. The van der Waals surface area contributed by atoms with Crippen LogP contribution in [0.3, 0.4) is 0 Å². The molecule has 1 N–H and O–H groups in total. The van der Waals surface area contributed by atoms with Gasteiger partial charge in [-0.25, -0.2) is 0 Å². The summed E-state index contributed by atoms with van der Waals surface area (Å²) in [6, 6.07) is 0. The van der Waals surface area contributed by atoms with Crippen LogP contribution in [0.4, 0.5) is 0 Å². The average Bonchev–Trinajstić information content (AvgIpc) is 1.80. The summed E-state index contributed by atoms with van der Waals surface area (Å²) in [6.45, 7) is 2.05. The van der Waals surface area contributed by atoms with Gasteiger partial charge in [-0.15, -0.1) is 0 Å². The van der Waals surface area contributed by atoms with Gasteiger partial charge in [-0.05, 0) is 13.2 Å². The van der Waals surface area contributed by atoms with Gasteiger partial charge in [-0.3, -0.25) is 9.55 Å². The van der Waals surface area contributed by atoms with Crippen molar-refractivity contribution in [3.8, 4) is 0 Å². The quantitative estimate of drug-likeness (QED) is 0.367. The highest BCUT2D eigenvalue weighted by atomic mass is 32.3. The highest BCUT2D eigenvalue weighted by molar-refractivity contribution is 8.33. The van der Waals surface area contributed by atoms with Crippen molar-refractivity contribution in [3.05, 3.63) is 0 Å².